The first-order valence-electron chi connectivity index (χ1n) is 9.18. The van der Waals surface area contributed by atoms with E-state index in [2.05, 4.69) is 15.3 Å². The van der Waals surface area contributed by atoms with Gasteiger partial charge >= 0.3 is 0 Å². The Kier molecular flexibility index (Phi) is 5.99. The molecule has 1 fully saturated rings. The molecule has 0 saturated heterocycles. The maximum atomic E-state index is 12.7. The number of rotatable bonds is 6. The number of anilines is 1. The van der Waals surface area contributed by atoms with Crippen LogP contribution in [0.25, 0.3) is 0 Å². The van der Waals surface area contributed by atoms with E-state index in [1.165, 1.54) is 32.1 Å². The lowest BCUT2D eigenvalue weighted by atomic mass is 9.96. The lowest BCUT2D eigenvalue weighted by molar-refractivity contribution is 0.0752. The largest absolute Gasteiger partial charge is 0.351 e. The Morgan fingerprint density at radius 1 is 1.12 bits per heavy atom. The minimum Gasteiger partial charge on any atom is -0.351 e. The van der Waals surface area contributed by atoms with Crippen LogP contribution in [0.5, 0.6) is 0 Å². The number of benzene rings is 1. The van der Waals surface area contributed by atoms with Crippen molar-refractivity contribution in [2.45, 2.75) is 51.6 Å². The molecule has 1 saturated carbocycles. The zero-order valence-electron chi connectivity index (χ0n) is 14.8. The molecule has 1 aliphatic rings. The van der Waals surface area contributed by atoms with Gasteiger partial charge in [-0.05, 0) is 25.3 Å². The molecule has 0 spiro atoms. The van der Waals surface area contributed by atoms with E-state index in [0.29, 0.717) is 30.6 Å². The second kappa shape index (κ2) is 8.60. The number of nitrogens with one attached hydrogen (secondary N) is 1. The van der Waals surface area contributed by atoms with Gasteiger partial charge in [0, 0.05) is 31.5 Å². The number of carbonyl (C=O) groups is 1. The SMILES string of the molecule is CCN(Cc1ccccc1)C(=O)c1cnc(NC2CCCCC2)nc1. The van der Waals surface area contributed by atoms with Crippen LogP contribution < -0.4 is 5.32 Å². The number of carbonyl (C=O) groups excluding carboxylic acids is 1. The molecular weight excluding hydrogens is 312 g/mol. The molecule has 0 atom stereocenters. The molecule has 0 unspecified atom stereocenters. The Hall–Kier alpha value is -2.43. The Morgan fingerprint density at radius 3 is 2.44 bits per heavy atom. The van der Waals surface area contributed by atoms with Crippen LogP contribution in [0.2, 0.25) is 0 Å². The molecule has 0 aliphatic heterocycles. The van der Waals surface area contributed by atoms with Gasteiger partial charge in [-0.2, -0.15) is 0 Å². The van der Waals surface area contributed by atoms with Gasteiger partial charge in [0.1, 0.15) is 0 Å². The fourth-order valence-corrected chi connectivity index (χ4v) is 3.26. The summed E-state index contributed by atoms with van der Waals surface area (Å²) in [7, 11) is 0. The van der Waals surface area contributed by atoms with Crippen molar-refractivity contribution < 1.29 is 4.79 Å². The molecule has 1 amide bonds. The molecule has 1 N–H and O–H groups in total. The van der Waals surface area contributed by atoms with Gasteiger partial charge in [-0.1, -0.05) is 49.6 Å². The van der Waals surface area contributed by atoms with E-state index in [1.807, 2.05) is 42.2 Å². The molecule has 2 aromatic rings. The molecule has 1 aromatic heterocycles. The molecule has 5 nitrogen and oxygen atoms in total. The summed E-state index contributed by atoms with van der Waals surface area (Å²) in [5, 5.41) is 3.38. The van der Waals surface area contributed by atoms with E-state index >= 15 is 0 Å². The van der Waals surface area contributed by atoms with Crippen molar-refractivity contribution in [3.8, 4) is 0 Å². The van der Waals surface area contributed by atoms with Gasteiger partial charge < -0.3 is 10.2 Å². The fraction of sp³-hybridized carbons (Fsp3) is 0.450. The van der Waals surface area contributed by atoms with Crippen LogP contribution in [0.3, 0.4) is 0 Å². The zero-order chi connectivity index (χ0) is 17.5. The summed E-state index contributed by atoms with van der Waals surface area (Å²) in [4.78, 5) is 23.2. The van der Waals surface area contributed by atoms with E-state index in [0.717, 1.165) is 5.56 Å². The highest BCUT2D eigenvalue weighted by molar-refractivity contribution is 5.93. The van der Waals surface area contributed by atoms with E-state index in [4.69, 9.17) is 0 Å². The first-order valence-corrected chi connectivity index (χ1v) is 9.18. The molecule has 1 heterocycles. The molecular formula is C20H26N4O. The highest BCUT2D eigenvalue weighted by Crippen LogP contribution is 2.20. The standard InChI is InChI=1S/C20H26N4O/c1-2-24(15-16-9-5-3-6-10-16)19(25)17-13-21-20(22-14-17)23-18-11-7-4-8-12-18/h3,5-6,9-10,13-14,18H,2,4,7-8,11-12,15H2,1H3,(H,21,22,23). The Bertz CT molecular complexity index is 666. The summed E-state index contributed by atoms with van der Waals surface area (Å²) in [6.45, 7) is 3.23. The summed E-state index contributed by atoms with van der Waals surface area (Å²) < 4.78 is 0. The van der Waals surface area contributed by atoms with Crippen LogP contribution in [-0.4, -0.2) is 33.4 Å². The molecule has 1 aromatic carbocycles. The highest BCUT2D eigenvalue weighted by Gasteiger charge is 2.17. The topological polar surface area (TPSA) is 58.1 Å². The Morgan fingerprint density at radius 2 is 1.80 bits per heavy atom. The molecule has 3 rings (SSSR count). The monoisotopic (exact) mass is 338 g/mol. The second-order valence-electron chi connectivity index (χ2n) is 6.58. The van der Waals surface area contributed by atoms with Crippen LogP contribution in [0, 0.1) is 0 Å². The summed E-state index contributed by atoms with van der Waals surface area (Å²) in [6, 6.07) is 10.5. The average Bonchev–Trinajstić information content (AvgIpc) is 2.68. The lowest BCUT2D eigenvalue weighted by Gasteiger charge is -2.23. The molecule has 0 bridgehead atoms. The van der Waals surface area contributed by atoms with Crippen molar-refractivity contribution in [3.63, 3.8) is 0 Å². The summed E-state index contributed by atoms with van der Waals surface area (Å²) >= 11 is 0. The van der Waals surface area contributed by atoms with E-state index in [1.54, 1.807) is 12.4 Å². The normalized spacial score (nSPS) is 14.9. The highest BCUT2D eigenvalue weighted by atomic mass is 16.2. The van der Waals surface area contributed by atoms with Gasteiger partial charge in [-0.25, -0.2) is 9.97 Å². The van der Waals surface area contributed by atoms with Crippen LogP contribution >= 0.6 is 0 Å². The first kappa shape index (κ1) is 17.4. The first-order chi connectivity index (χ1) is 12.3. The molecule has 5 heteroatoms. The van der Waals surface area contributed by atoms with Crippen LogP contribution in [0.4, 0.5) is 5.95 Å². The van der Waals surface area contributed by atoms with Gasteiger partial charge in [-0.3, -0.25) is 4.79 Å². The lowest BCUT2D eigenvalue weighted by Crippen LogP contribution is -2.30. The molecule has 132 valence electrons. The van der Waals surface area contributed by atoms with Crippen molar-refractivity contribution in [2.24, 2.45) is 0 Å². The maximum Gasteiger partial charge on any atom is 0.257 e. The summed E-state index contributed by atoms with van der Waals surface area (Å²) in [5.74, 6) is 0.588. The van der Waals surface area contributed by atoms with Crippen molar-refractivity contribution in [1.29, 1.82) is 0 Å². The molecule has 0 radical (unpaired) electrons. The Labute approximate surface area is 149 Å². The number of amides is 1. The van der Waals surface area contributed by atoms with Gasteiger partial charge in [-0.15, -0.1) is 0 Å². The minimum absolute atomic E-state index is 0.0319. The van der Waals surface area contributed by atoms with Gasteiger partial charge in [0.2, 0.25) is 5.95 Å². The predicted molar refractivity (Wildman–Crippen MR) is 99.4 cm³/mol. The van der Waals surface area contributed by atoms with Crippen molar-refractivity contribution in [2.75, 3.05) is 11.9 Å². The van der Waals surface area contributed by atoms with Crippen LogP contribution in [0.15, 0.2) is 42.7 Å². The number of hydrogen-bond acceptors (Lipinski definition) is 4. The van der Waals surface area contributed by atoms with Gasteiger partial charge in [0.05, 0.1) is 5.56 Å². The minimum atomic E-state index is -0.0319. The van der Waals surface area contributed by atoms with Gasteiger partial charge in [0.25, 0.3) is 5.91 Å². The average molecular weight is 338 g/mol. The summed E-state index contributed by atoms with van der Waals surface area (Å²) in [6.07, 6.45) is 9.46. The fourth-order valence-electron chi connectivity index (χ4n) is 3.26. The number of nitrogens with zero attached hydrogens (tertiary/aromatic N) is 3. The van der Waals surface area contributed by atoms with Gasteiger partial charge in [0.15, 0.2) is 0 Å². The number of aromatic nitrogens is 2. The Balaban J connectivity index is 1.62. The molecule has 1 aliphatic carbocycles. The third kappa shape index (κ3) is 4.78. The van der Waals surface area contributed by atoms with Crippen LogP contribution in [0.1, 0.15) is 54.9 Å². The second-order valence-corrected chi connectivity index (χ2v) is 6.58. The van der Waals surface area contributed by atoms with Crippen molar-refractivity contribution in [1.82, 2.24) is 14.9 Å². The van der Waals surface area contributed by atoms with E-state index in [9.17, 15) is 4.79 Å². The van der Waals surface area contributed by atoms with Crippen molar-refractivity contribution >= 4 is 11.9 Å². The maximum absolute atomic E-state index is 12.7. The third-order valence-electron chi connectivity index (χ3n) is 4.72. The predicted octanol–water partition coefficient (Wildman–Crippen LogP) is 3.88. The molecule has 25 heavy (non-hydrogen) atoms. The zero-order valence-corrected chi connectivity index (χ0v) is 14.8. The summed E-state index contributed by atoms with van der Waals surface area (Å²) in [5.41, 5.74) is 1.65. The quantitative estimate of drug-likeness (QED) is 0.868. The van der Waals surface area contributed by atoms with Crippen LogP contribution in [-0.2, 0) is 6.54 Å². The number of hydrogen-bond donors (Lipinski definition) is 1. The van der Waals surface area contributed by atoms with Crippen molar-refractivity contribution in [3.05, 3.63) is 53.9 Å². The van der Waals surface area contributed by atoms with E-state index < -0.39 is 0 Å². The smallest absolute Gasteiger partial charge is 0.257 e. The third-order valence-corrected chi connectivity index (χ3v) is 4.72. The van der Waals surface area contributed by atoms with E-state index in [-0.39, 0.29) is 5.91 Å².